The third kappa shape index (κ3) is 6.02. The molecule has 0 unspecified atom stereocenters. The van der Waals surface area contributed by atoms with Crippen molar-refractivity contribution in [3.05, 3.63) is 119 Å². The van der Waals surface area contributed by atoms with Gasteiger partial charge in [-0.2, -0.15) is 4.58 Å². The molecule has 2 aromatic carbocycles. The van der Waals surface area contributed by atoms with Gasteiger partial charge >= 0.3 is 0 Å². The summed E-state index contributed by atoms with van der Waals surface area (Å²) in [7, 11) is 4.40. The Bertz CT molecular complexity index is 1540. The van der Waals surface area contributed by atoms with Crippen LogP contribution in [0, 0.1) is 0 Å². The predicted octanol–water partition coefficient (Wildman–Crippen LogP) is 8.55. The Labute approximate surface area is 260 Å². The molecule has 226 valence electrons. The predicted molar refractivity (Wildman–Crippen MR) is 184 cm³/mol. The largest absolute Gasteiger partial charge is 0.403 e. The third-order valence-electron chi connectivity index (χ3n) is 9.78. The smallest absolute Gasteiger partial charge is 0.209 e. The standard InChI is InChI=1S/C39H50N4/c1-28(40)16-9-8-14-27-41-37-29(23-25-35-38(2,3)31-19-10-12-21-33(31)42(35)6)17-15-18-30(37)24-26-36-39(4,5)32-20-11-13-22-34(32)43(36)7/h10-13,19-26H,1,8-9,14-18,27,40H2,2-7H3/p+1/b29-23+,35-25+. The van der Waals surface area contributed by atoms with Gasteiger partial charge in [0, 0.05) is 59.5 Å². The second-order valence-electron chi connectivity index (χ2n) is 13.5. The first-order chi connectivity index (χ1) is 20.5. The Morgan fingerprint density at radius 1 is 0.930 bits per heavy atom. The lowest BCUT2D eigenvalue weighted by Gasteiger charge is -2.25. The van der Waals surface area contributed by atoms with E-state index in [9.17, 15) is 0 Å². The van der Waals surface area contributed by atoms with Gasteiger partial charge in [0.1, 0.15) is 7.05 Å². The molecule has 0 atom stereocenters. The molecule has 0 bridgehead atoms. The van der Waals surface area contributed by atoms with Crippen molar-refractivity contribution < 1.29 is 4.58 Å². The Hall–Kier alpha value is -3.79. The van der Waals surface area contributed by atoms with Gasteiger partial charge in [0.05, 0.1) is 5.41 Å². The number of anilines is 1. The molecule has 2 heterocycles. The van der Waals surface area contributed by atoms with Crippen LogP contribution in [0.2, 0.25) is 0 Å². The van der Waals surface area contributed by atoms with Crippen LogP contribution in [0.25, 0.3) is 0 Å². The highest BCUT2D eigenvalue weighted by Gasteiger charge is 2.42. The molecule has 2 aliphatic heterocycles. The number of nitrogens with one attached hydrogen (secondary N) is 1. The molecule has 43 heavy (non-hydrogen) atoms. The van der Waals surface area contributed by atoms with E-state index >= 15 is 0 Å². The molecule has 3 N–H and O–H groups in total. The molecule has 2 aromatic rings. The first kappa shape index (κ1) is 30.7. The van der Waals surface area contributed by atoms with E-state index in [0.29, 0.717) is 0 Å². The Morgan fingerprint density at radius 2 is 1.65 bits per heavy atom. The Morgan fingerprint density at radius 3 is 2.37 bits per heavy atom. The summed E-state index contributed by atoms with van der Waals surface area (Å²) in [6.07, 6.45) is 17.1. The molecule has 0 amide bonds. The van der Waals surface area contributed by atoms with Crippen molar-refractivity contribution in [2.45, 2.75) is 83.5 Å². The number of nitrogens with two attached hydrogens (primary N) is 1. The summed E-state index contributed by atoms with van der Waals surface area (Å²) in [5.74, 6) is 0. The summed E-state index contributed by atoms with van der Waals surface area (Å²) in [5.41, 5.74) is 18.7. The molecule has 4 nitrogen and oxygen atoms in total. The molecule has 0 radical (unpaired) electrons. The summed E-state index contributed by atoms with van der Waals surface area (Å²) in [6, 6.07) is 17.6. The van der Waals surface area contributed by atoms with Gasteiger partial charge in [0.2, 0.25) is 5.69 Å². The molecule has 0 spiro atoms. The monoisotopic (exact) mass is 575 g/mol. The second kappa shape index (κ2) is 12.4. The lowest BCUT2D eigenvalue weighted by Crippen LogP contribution is -2.27. The highest BCUT2D eigenvalue weighted by Crippen LogP contribution is 2.47. The highest BCUT2D eigenvalue weighted by atomic mass is 15.2. The molecular weight excluding hydrogens is 524 g/mol. The second-order valence-corrected chi connectivity index (χ2v) is 13.5. The van der Waals surface area contributed by atoms with Gasteiger partial charge < -0.3 is 16.0 Å². The van der Waals surface area contributed by atoms with Crippen molar-refractivity contribution in [1.29, 1.82) is 0 Å². The van der Waals surface area contributed by atoms with Crippen LogP contribution in [0.4, 0.5) is 11.4 Å². The molecule has 4 heteroatoms. The summed E-state index contributed by atoms with van der Waals surface area (Å²) in [5, 5.41) is 3.90. The molecule has 0 fully saturated rings. The van der Waals surface area contributed by atoms with Crippen molar-refractivity contribution in [2.24, 2.45) is 5.73 Å². The molecular formula is C39H51N4+. The van der Waals surface area contributed by atoms with Gasteiger partial charge in [-0.15, -0.1) is 0 Å². The van der Waals surface area contributed by atoms with E-state index in [1.807, 2.05) is 0 Å². The van der Waals surface area contributed by atoms with E-state index in [1.54, 1.807) is 0 Å². The van der Waals surface area contributed by atoms with Crippen molar-refractivity contribution in [3.63, 3.8) is 0 Å². The Balaban J connectivity index is 1.46. The number of nitrogens with zero attached hydrogens (tertiary/aromatic N) is 2. The number of benzene rings is 2. The van der Waals surface area contributed by atoms with E-state index in [2.05, 4.69) is 136 Å². The van der Waals surface area contributed by atoms with Crippen LogP contribution in [-0.2, 0) is 10.8 Å². The lowest BCUT2D eigenvalue weighted by molar-refractivity contribution is -0.401. The summed E-state index contributed by atoms with van der Waals surface area (Å²) in [6.45, 7) is 14.2. The van der Waals surface area contributed by atoms with Gasteiger partial charge in [-0.25, -0.2) is 0 Å². The molecule has 1 aliphatic carbocycles. The van der Waals surface area contributed by atoms with Gasteiger partial charge in [0.15, 0.2) is 5.71 Å². The van der Waals surface area contributed by atoms with Crippen LogP contribution in [0.3, 0.4) is 0 Å². The number of likely N-dealkylation sites (N-methyl/N-ethyl adjacent to an activating group) is 1. The summed E-state index contributed by atoms with van der Waals surface area (Å²) >= 11 is 0. The van der Waals surface area contributed by atoms with Crippen LogP contribution >= 0.6 is 0 Å². The average molecular weight is 576 g/mol. The fourth-order valence-corrected chi connectivity index (χ4v) is 7.32. The highest BCUT2D eigenvalue weighted by molar-refractivity contribution is 6.03. The van der Waals surface area contributed by atoms with Crippen LogP contribution < -0.4 is 16.0 Å². The topological polar surface area (TPSA) is 44.3 Å². The quantitative estimate of drug-likeness (QED) is 0.220. The molecule has 3 aliphatic rings. The zero-order chi connectivity index (χ0) is 30.8. The number of hydrogen-bond donors (Lipinski definition) is 2. The zero-order valence-corrected chi connectivity index (χ0v) is 27.3. The maximum atomic E-state index is 5.80. The number of rotatable bonds is 10. The average Bonchev–Trinajstić information content (AvgIpc) is 3.30. The van der Waals surface area contributed by atoms with Crippen molar-refractivity contribution >= 4 is 17.1 Å². The number of fused-ring (bicyclic) bond motifs is 2. The number of para-hydroxylation sites is 2. The fraction of sp³-hybridized carbons (Fsp3) is 0.410. The molecule has 0 aromatic heterocycles. The summed E-state index contributed by atoms with van der Waals surface area (Å²) in [4.78, 5) is 2.37. The maximum Gasteiger partial charge on any atom is 0.209 e. The summed E-state index contributed by atoms with van der Waals surface area (Å²) < 4.78 is 2.37. The van der Waals surface area contributed by atoms with Crippen molar-refractivity contribution in [2.75, 3.05) is 25.5 Å². The SMILES string of the molecule is C=C(N)CCCCCNC1=C(/C=C/C2=[N+](C)c3ccccc3C2(C)C)CCC/C1=C\C=C1\N(C)c2ccccc2C1(C)C. The van der Waals surface area contributed by atoms with Crippen LogP contribution in [0.5, 0.6) is 0 Å². The van der Waals surface area contributed by atoms with Crippen LogP contribution in [-0.4, -0.2) is 30.9 Å². The first-order valence-electron chi connectivity index (χ1n) is 16.1. The van der Waals surface area contributed by atoms with E-state index in [0.717, 1.165) is 57.2 Å². The van der Waals surface area contributed by atoms with E-state index < -0.39 is 0 Å². The minimum Gasteiger partial charge on any atom is -0.403 e. The van der Waals surface area contributed by atoms with Crippen molar-refractivity contribution in [3.8, 4) is 0 Å². The van der Waals surface area contributed by atoms with Gasteiger partial charge in [-0.05, 0) is 81.2 Å². The number of allylic oxidation sites excluding steroid dienone is 8. The van der Waals surface area contributed by atoms with Crippen molar-refractivity contribution in [1.82, 2.24) is 5.32 Å². The van der Waals surface area contributed by atoms with E-state index in [4.69, 9.17) is 5.73 Å². The molecule has 0 saturated heterocycles. The minimum atomic E-state index is -0.0333. The Kier molecular flexibility index (Phi) is 8.87. The minimum absolute atomic E-state index is 0.0333. The number of hydrogen-bond acceptors (Lipinski definition) is 3. The molecule has 5 rings (SSSR count). The normalized spacial score (nSPS) is 20.8. The zero-order valence-electron chi connectivity index (χ0n) is 27.3. The van der Waals surface area contributed by atoms with Gasteiger partial charge in [-0.3, -0.25) is 0 Å². The first-order valence-corrected chi connectivity index (χ1v) is 16.1. The fourth-order valence-electron chi connectivity index (χ4n) is 7.32. The van der Waals surface area contributed by atoms with Gasteiger partial charge in [0.25, 0.3) is 0 Å². The third-order valence-corrected chi connectivity index (χ3v) is 9.78. The van der Waals surface area contributed by atoms with Gasteiger partial charge in [-0.1, -0.05) is 75.4 Å². The molecule has 0 saturated carbocycles. The lowest BCUT2D eigenvalue weighted by atomic mass is 9.81. The van der Waals surface area contributed by atoms with E-state index in [1.165, 1.54) is 50.8 Å². The van der Waals surface area contributed by atoms with Crippen LogP contribution in [0.15, 0.2) is 108 Å². The maximum absolute atomic E-state index is 5.80. The van der Waals surface area contributed by atoms with Crippen LogP contribution in [0.1, 0.15) is 83.8 Å². The van der Waals surface area contributed by atoms with E-state index in [-0.39, 0.29) is 10.8 Å². The number of unbranched alkanes of at least 4 members (excludes halogenated alkanes) is 2.